The van der Waals surface area contributed by atoms with Crippen molar-refractivity contribution in [3.63, 3.8) is 0 Å². The zero-order chi connectivity index (χ0) is 15.0. The van der Waals surface area contributed by atoms with Crippen LogP contribution in [0, 0.1) is 11.7 Å². The van der Waals surface area contributed by atoms with Gasteiger partial charge in [-0.25, -0.2) is 4.39 Å². The fraction of sp³-hybridized carbons (Fsp3) is 0.438. The maximum atomic E-state index is 13.2. The van der Waals surface area contributed by atoms with Gasteiger partial charge >= 0.3 is 0 Å². The van der Waals surface area contributed by atoms with Gasteiger partial charge in [0.15, 0.2) is 0 Å². The zero-order valence-corrected chi connectivity index (χ0v) is 12.8. The highest BCUT2D eigenvalue weighted by atomic mass is 32.1. The van der Waals surface area contributed by atoms with Crippen LogP contribution in [0.5, 0.6) is 0 Å². The Morgan fingerprint density at radius 3 is 3.05 bits per heavy atom. The van der Waals surface area contributed by atoms with Crippen molar-refractivity contribution in [1.29, 1.82) is 0 Å². The van der Waals surface area contributed by atoms with Crippen molar-refractivity contribution in [3.8, 4) is 0 Å². The van der Waals surface area contributed by atoms with Gasteiger partial charge in [-0.05, 0) is 55.3 Å². The summed E-state index contributed by atoms with van der Waals surface area (Å²) in [5.41, 5.74) is 5.97. The molecule has 1 aliphatic rings. The van der Waals surface area contributed by atoms with Gasteiger partial charge in [-0.15, -0.1) is 11.3 Å². The smallest absolute Gasteiger partial charge is 0.263 e. The number of thiophene rings is 1. The van der Waals surface area contributed by atoms with E-state index in [-0.39, 0.29) is 17.8 Å². The number of benzene rings is 1. The molecular weight excluding hydrogens is 287 g/mol. The predicted molar refractivity (Wildman–Crippen MR) is 84.1 cm³/mol. The molecular formula is C16H19FN2OS. The number of rotatable bonds is 2. The van der Waals surface area contributed by atoms with E-state index in [9.17, 15) is 9.18 Å². The van der Waals surface area contributed by atoms with Crippen LogP contribution >= 0.6 is 11.3 Å². The Kier molecular flexibility index (Phi) is 3.95. The highest BCUT2D eigenvalue weighted by Crippen LogP contribution is 2.29. The Balaban J connectivity index is 1.82. The molecule has 3 rings (SSSR count). The first-order valence-electron chi connectivity index (χ1n) is 7.28. The lowest BCUT2D eigenvalue weighted by atomic mass is 9.92. The molecule has 1 saturated heterocycles. The van der Waals surface area contributed by atoms with Gasteiger partial charge in [0.05, 0.1) is 4.88 Å². The second kappa shape index (κ2) is 5.73. The molecule has 2 aromatic rings. The lowest BCUT2D eigenvalue weighted by Gasteiger charge is -2.34. The third kappa shape index (κ3) is 2.94. The predicted octanol–water partition coefficient (Wildman–Crippen LogP) is 3.24. The second-order valence-corrected chi connectivity index (χ2v) is 6.89. The van der Waals surface area contributed by atoms with Crippen LogP contribution in [-0.2, 0) is 0 Å². The number of nitrogens with zero attached hydrogens (tertiary/aromatic N) is 1. The van der Waals surface area contributed by atoms with Crippen molar-refractivity contribution >= 4 is 27.3 Å². The minimum atomic E-state index is -0.269. The van der Waals surface area contributed by atoms with Crippen molar-refractivity contribution in [3.05, 3.63) is 35.0 Å². The molecule has 0 radical (unpaired) electrons. The first-order valence-corrected chi connectivity index (χ1v) is 8.10. The minimum absolute atomic E-state index is 0.0435. The van der Waals surface area contributed by atoms with E-state index >= 15 is 0 Å². The first-order chi connectivity index (χ1) is 10.0. The molecule has 1 fully saturated rings. The Labute approximate surface area is 127 Å². The molecule has 112 valence electrons. The topological polar surface area (TPSA) is 46.3 Å². The molecule has 21 heavy (non-hydrogen) atoms. The third-order valence-electron chi connectivity index (χ3n) is 4.18. The number of carbonyl (C=O) groups is 1. The summed E-state index contributed by atoms with van der Waals surface area (Å²) in [6, 6.07) is 6.54. The molecule has 0 spiro atoms. The van der Waals surface area contributed by atoms with Crippen LogP contribution in [0.4, 0.5) is 4.39 Å². The maximum absolute atomic E-state index is 13.2. The van der Waals surface area contributed by atoms with Gasteiger partial charge in [0.2, 0.25) is 0 Å². The van der Waals surface area contributed by atoms with Gasteiger partial charge in [0.25, 0.3) is 5.91 Å². The van der Waals surface area contributed by atoms with Crippen molar-refractivity contribution in [1.82, 2.24) is 4.90 Å². The Morgan fingerprint density at radius 2 is 2.29 bits per heavy atom. The maximum Gasteiger partial charge on any atom is 0.263 e. The fourth-order valence-corrected chi connectivity index (χ4v) is 3.91. The highest BCUT2D eigenvalue weighted by molar-refractivity contribution is 7.20. The average Bonchev–Trinajstić information content (AvgIpc) is 2.89. The summed E-state index contributed by atoms with van der Waals surface area (Å²) in [5, 5.41) is 0.795. The van der Waals surface area contributed by atoms with Gasteiger partial charge < -0.3 is 10.6 Å². The molecule has 3 nitrogen and oxygen atoms in total. The molecule has 1 amide bonds. The van der Waals surface area contributed by atoms with E-state index < -0.39 is 0 Å². The Hall–Kier alpha value is -1.46. The van der Waals surface area contributed by atoms with E-state index in [2.05, 4.69) is 0 Å². The van der Waals surface area contributed by atoms with Gasteiger partial charge in [-0.3, -0.25) is 4.79 Å². The van der Waals surface area contributed by atoms with E-state index in [0.29, 0.717) is 10.8 Å². The van der Waals surface area contributed by atoms with Gasteiger partial charge in [0.1, 0.15) is 5.82 Å². The number of piperidine rings is 1. The highest BCUT2D eigenvalue weighted by Gasteiger charge is 2.27. The van der Waals surface area contributed by atoms with Gasteiger partial charge in [0, 0.05) is 23.8 Å². The summed E-state index contributed by atoms with van der Waals surface area (Å²) in [7, 11) is 0. The number of hydrogen-bond acceptors (Lipinski definition) is 3. The van der Waals surface area contributed by atoms with Crippen molar-refractivity contribution in [2.45, 2.75) is 25.8 Å². The molecule has 2 atom stereocenters. The van der Waals surface area contributed by atoms with Crippen LogP contribution in [0.15, 0.2) is 24.3 Å². The number of amides is 1. The molecule has 2 N–H and O–H groups in total. The lowest BCUT2D eigenvalue weighted by Crippen LogP contribution is -2.44. The van der Waals surface area contributed by atoms with E-state index in [1.165, 1.54) is 23.5 Å². The average molecular weight is 306 g/mol. The van der Waals surface area contributed by atoms with Crippen molar-refractivity contribution in [2.75, 3.05) is 13.1 Å². The van der Waals surface area contributed by atoms with E-state index in [1.54, 1.807) is 12.1 Å². The van der Waals surface area contributed by atoms with E-state index in [0.717, 1.165) is 36.0 Å². The number of likely N-dealkylation sites (tertiary alicyclic amines) is 1. The molecule has 0 saturated carbocycles. The summed E-state index contributed by atoms with van der Waals surface area (Å²) in [4.78, 5) is 15.2. The van der Waals surface area contributed by atoms with Crippen LogP contribution in [-0.4, -0.2) is 29.9 Å². The van der Waals surface area contributed by atoms with Crippen molar-refractivity contribution in [2.24, 2.45) is 11.7 Å². The van der Waals surface area contributed by atoms with Crippen LogP contribution in [0.3, 0.4) is 0 Å². The summed E-state index contributed by atoms with van der Waals surface area (Å²) >= 11 is 1.43. The minimum Gasteiger partial charge on any atom is -0.338 e. The van der Waals surface area contributed by atoms with E-state index in [4.69, 9.17) is 5.73 Å². The Bertz CT molecular complexity index is 667. The molecule has 0 aliphatic carbocycles. The first kappa shape index (κ1) is 14.5. The molecule has 2 heterocycles. The molecule has 0 bridgehead atoms. The summed E-state index contributed by atoms with van der Waals surface area (Å²) in [6.07, 6.45) is 2.08. The van der Waals surface area contributed by atoms with Gasteiger partial charge in [-0.1, -0.05) is 0 Å². The fourth-order valence-electron chi connectivity index (χ4n) is 2.90. The second-order valence-electron chi connectivity index (χ2n) is 5.81. The number of carbonyl (C=O) groups excluding carboxylic acids is 1. The van der Waals surface area contributed by atoms with Gasteiger partial charge in [-0.2, -0.15) is 0 Å². The van der Waals surface area contributed by atoms with Crippen LogP contribution in [0.2, 0.25) is 0 Å². The number of fused-ring (bicyclic) bond motifs is 1. The molecule has 1 aliphatic heterocycles. The van der Waals surface area contributed by atoms with E-state index in [1.807, 2.05) is 11.8 Å². The third-order valence-corrected chi connectivity index (χ3v) is 5.28. The molecule has 5 heteroatoms. The monoisotopic (exact) mass is 306 g/mol. The quantitative estimate of drug-likeness (QED) is 0.926. The summed E-state index contributed by atoms with van der Waals surface area (Å²) < 4.78 is 14.2. The number of halogens is 1. The van der Waals surface area contributed by atoms with Crippen LogP contribution in [0.1, 0.15) is 29.4 Å². The number of hydrogen-bond donors (Lipinski definition) is 1. The molecule has 2 unspecified atom stereocenters. The van der Waals surface area contributed by atoms with Crippen LogP contribution in [0.25, 0.3) is 10.1 Å². The molecule has 1 aromatic carbocycles. The number of nitrogens with two attached hydrogens (primary N) is 1. The summed E-state index contributed by atoms with van der Waals surface area (Å²) in [6.45, 7) is 3.50. The Morgan fingerprint density at radius 1 is 1.48 bits per heavy atom. The van der Waals surface area contributed by atoms with Crippen LogP contribution < -0.4 is 5.73 Å². The molecule has 1 aromatic heterocycles. The summed E-state index contributed by atoms with van der Waals surface area (Å²) in [5.74, 6) is 0.144. The van der Waals surface area contributed by atoms with Crippen molar-refractivity contribution < 1.29 is 9.18 Å². The largest absolute Gasteiger partial charge is 0.338 e. The SMILES string of the molecule is CC(N)C1CCCN(C(=O)c2cc3cc(F)ccc3s2)C1. The normalized spacial score (nSPS) is 20.7. The lowest BCUT2D eigenvalue weighted by molar-refractivity contribution is 0.0666. The standard InChI is InChI=1S/C16H19FN2OS/c1-10(18)11-3-2-6-19(9-11)16(20)15-8-12-7-13(17)4-5-14(12)21-15/h4-5,7-8,10-11H,2-3,6,9,18H2,1H3. The zero-order valence-electron chi connectivity index (χ0n) is 12.0.